The number of aryl methyl sites for hydroxylation is 2. The van der Waals surface area contributed by atoms with Gasteiger partial charge in [-0.15, -0.1) is 11.8 Å². The highest BCUT2D eigenvalue weighted by Gasteiger charge is 2.03. The Morgan fingerprint density at radius 1 is 1.10 bits per heavy atom. The van der Waals surface area contributed by atoms with E-state index in [4.69, 9.17) is 5.11 Å². The van der Waals surface area contributed by atoms with Gasteiger partial charge in [-0.2, -0.15) is 0 Å². The van der Waals surface area contributed by atoms with E-state index in [1.165, 1.54) is 21.6 Å². The van der Waals surface area contributed by atoms with Gasteiger partial charge in [0.2, 0.25) is 0 Å². The third-order valence-corrected chi connectivity index (χ3v) is 4.42. The van der Waals surface area contributed by atoms with E-state index in [0.29, 0.717) is 6.42 Å². The maximum absolute atomic E-state index is 8.81. The first-order valence-corrected chi connectivity index (χ1v) is 8.07. The van der Waals surface area contributed by atoms with Gasteiger partial charge in [0.05, 0.1) is 6.61 Å². The van der Waals surface area contributed by atoms with Gasteiger partial charge >= 0.3 is 0 Å². The van der Waals surface area contributed by atoms with Crippen molar-refractivity contribution < 1.29 is 5.11 Å². The van der Waals surface area contributed by atoms with Crippen LogP contribution in [0.1, 0.15) is 28.7 Å². The first-order valence-electron chi connectivity index (χ1n) is 7.08. The molecule has 0 atom stereocenters. The molecule has 0 aliphatic heterocycles. The molecule has 0 aliphatic carbocycles. The zero-order valence-electron chi connectivity index (χ0n) is 12.5. The Morgan fingerprint density at radius 3 is 2.67 bits per heavy atom. The molecule has 0 fully saturated rings. The molecule has 2 heteroatoms. The summed E-state index contributed by atoms with van der Waals surface area (Å²) in [7, 11) is 0. The van der Waals surface area contributed by atoms with Crippen LogP contribution >= 0.6 is 11.8 Å². The lowest BCUT2D eigenvalue weighted by atomic mass is 10.1. The third-order valence-electron chi connectivity index (χ3n) is 3.19. The Kier molecular flexibility index (Phi) is 5.92. The molecule has 0 spiro atoms. The molecule has 108 valence electrons. The molecule has 0 saturated carbocycles. The quantitative estimate of drug-likeness (QED) is 0.669. The number of benzene rings is 2. The Bertz CT molecular complexity index is 665. The summed E-state index contributed by atoms with van der Waals surface area (Å²) in [6.07, 6.45) is 0.526. The molecule has 2 aromatic rings. The number of aliphatic hydroxyl groups excluding tert-OH is 1. The largest absolute Gasteiger partial charge is 0.395 e. The van der Waals surface area contributed by atoms with Gasteiger partial charge in [-0.25, -0.2) is 0 Å². The SMILES string of the molecule is Cc1ccc(SCc2ccccc2C#CCCO)c(C)c1. The van der Waals surface area contributed by atoms with E-state index in [-0.39, 0.29) is 6.61 Å². The molecule has 0 saturated heterocycles. The monoisotopic (exact) mass is 296 g/mol. The second-order valence-electron chi connectivity index (χ2n) is 4.99. The predicted molar refractivity (Wildman–Crippen MR) is 90.5 cm³/mol. The number of hydrogen-bond acceptors (Lipinski definition) is 2. The van der Waals surface area contributed by atoms with Crippen molar-refractivity contribution in [2.45, 2.75) is 30.9 Å². The highest BCUT2D eigenvalue weighted by molar-refractivity contribution is 7.98. The maximum atomic E-state index is 8.81. The van der Waals surface area contributed by atoms with Crippen molar-refractivity contribution in [1.82, 2.24) is 0 Å². The van der Waals surface area contributed by atoms with Crippen LogP contribution in [-0.2, 0) is 5.75 Å². The fraction of sp³-hybridized carbons (Fsp3) is 0.263. The van der Waals surface area contributed by atoms with Gasteiger partial charge in [0, 0.05) is 22.6 Å². The van der Waals surface area contributed by atoms with Gasteiger partial charge in [-0.3, -0.25) is 0 Å². The minimum absolute atomic E-state index is 0.118. The zero-order valence-corrected chi connectivity index (χ0v) is 13.3. The molecule has 0 amide bonds. The number of hydrogen-bond donors (Lipinski definition) is 1. The van der Waals surface area contributed by atoms with Crippen LogP contribution in [0.25, 0.3) is 0 Å². The summed E-state index contributed by atoms with van der Waals surface area (Å²) in [5.41, 5.74) is 4.92. The van der Waals surface area contributed by atoms with E-state index in [1.807, 2.05) is 23.9 Å². The van der Waals surface area contributed by atoms with Gasteiger partial charge < -0.3 is 5.11 Å². The summed E-state index contributed by atoms with van der Waals surface area (Å²) in [5.74, 6) is 7.06. The topological polar surface area (TPSA) is 20.2 Å². The Labute approximate surface area is 131 Å². The van der Waals surface area contributed by atoms with Crippen LogP contribution in [0, 0.1) is 25.7 Å². The summed E-state index contributed by atoms with van der Waals surface area (Å²) in [6, 6.07) is 14.8. The maximum Gasteiger partial charge on any atom is 0.0540 e. The van der Waals surface area contributed by atoms with Gasteiger partial charge in [-0.1, -0.05) is 47.7 Å². The number of rotatable bonds is 4. The standard InChI is InChI=1S/C19H20OS/c1-15-10-11-19(16(2)13-15)21-14-18-9-4-3-7-17(18)8-5-6-12-20/h3-4,7,9-11,13,20H,6,12,14H2,1-2H3. The van der Waals surface area contributed by atoms with Crippen molar-refractivity contribution in [3.63, 3.8) is 0 Å². The Balaban J connectivity index is 2.11. The molecule has 2 rings (SSSR count). The van der Waals surface area contributed by atoms with Crippen molar-refractivity contribution in [2.24, 2.45) is 0 Å². The fourth-order valence-corrected chi connectivity index (χ4v) is 3.11. The van der Waals surface area contributed by atoms with Gasteiger partial charge in [0.25, 0.3) is 0 Å². The summed E-state index contributed by atoms with van der Waals surface area (Å²) in [4.78, 5) is 1.32. The molecule has 21 heavy (non-hydrogen) atoms. The van der Waals surface area contributed by atoms with Crippen molar-refractivity contribution in [3.8, 4) is 11.8 Å². The lowest BCUT2D eigenvalue weighted by Crippen LogP contribution is -1.89. The van der Waals surface area contributed by atoms with Gasteiger partial charge in [-0.05, 0) is 37.1 Å². The van der Waals surface area contributed by atoms with Gasteiger partial charge in [0.15, 0.2) is 0 Å². The predicted octanol–water partition coefficient (Wildman–Crippen LogP) is 4.33. The fourth-order valence-electron chi connectivity index (χ4n) is 2.10. The average molecular weight is 296 g/mol. The molecule has 0 radical (unpaired) electrons. The van der Waals surface area contributed by atoms with E-state index >= 15 is 0 Å². The van der Waals surface area contributed by atoms with Crippen LogP contribution in [0.4, 0.5) is 0 Å². The molecule has 1 N–H and O–H groups in total. The highest BCUT2D eigenvalue weighted by atomic mass is 32.2. The molecular formula is C19H20OS. The van der Waals surface area contributed by atoms with Crippen LogP contribution in [0.5, 0.6) is 0 Å². The minimum Gasteiger partial charge on any atom is -0.395 e. The molecular weight excluding hydrogens is 276 g/mol. The molecule has 0 unspecified atom stereocenters. The molecule has 1 nitrogen and oxygen atoms in total. The third kappa shape index (κ3) is 4.67. The summed E-state index contributed by atoms with van der Waals surface area (Å²) in [5, 5.41) is 8.81. The van der Waals surface area contributed by atoms with Gasteiger partial charge in [0.1, 0.15) is 0 Å². The summed E-state index contributed by atoms with van der Waals surface area (Å²) >= 11 is 1.85. The van der Waals surface area contributed by atoms with Crippen LogP contribution in [-0.4, -0.2) is 11.7 Å². The molecule has 0 heterocycles. The van der Waals surface area contributed by atoms with E-state index in [2.05, 4.69) is 56.0 Å². The second kappa shape index (κ2) is 7.93. The van der Waals surface area contributed by atoms with Crippen LogP contribution in [0.3, 0.4) is 0 Å². The summed E-state index contributed by atoms with van der Waals surface area (Å²) in [6.45, 7) is 4.39. The van der Waals surface area contributed by atoms with Crippen molar-refractivity contribution in [3.05, 3.63) is 64.7 Å². The minimum atomic E-state index is 0.118. The normalized spacial score (nSPS) is 10.0. The van der Waals surface area contributed by atoms with Crippen molar-refractivity contribution in [1.29, 1.82) is 0 Å². The smallest absolute Gasteiger partial charge is 0.0540 e. The molecule has 0 bridgehead atoms. The summed E-state index contributed by atoms with van der Waals surface area (Å²) < 4.78 is 0. The molecule has 0 aromatic heterocycles. The van der Waals surface area contributed by atoms with E-state index in [9.17, 15) is 0 Å². The van der Waals surface area contributed by atoms with E-state index in [0.717, 1.165) is 11.3 Å². The molecule has 2 aromatic carbocycles. The first-order chi connectivity index (χ1) is 10.2. The highest BCUT2D eigenvalue weighted by Crippen LogP contribution is 2.27. The van der Waals surface area contributed by atoms with Crippen molar-refractivity contribution >= 4 is 11.8 Å². The first kappa shape index (κ1) is 15.7. The van der Waals surface area contributed by atoms with Crippen LogP contribution in [0.15, 0.2) is 47.4 Å². The van der Waals surface area contributed by atoms with E-state index in [1.54, 1.807) is 0 Å². The van der Waals surface area contributed by atoms with E-state index < -0.39 is 0 Å². The van der Waals surface area contributed by atoms with Crippen LogP contribution < -0.4 is 0 Å². The Morgan fingerprint density at radius 2 is 1.90 bits per heavy atom. The molecule has 0 aliphatic rings. The Hall–Kier alpha value is -1.69. The lowest BCUT2D eigenvalue weighted by Gasteiger charge is -2.08. The van der Waals surface area contributed by atoms with Crippen molar-refractivity contribution in [2.75, 3.05) is 6.61 Å². The number of thioether (sulfide) groups is 1. The second-order valence-corrected chi connectivity index (χ2v) is 6.01. The average Bonchev–Trinajstić information content (AvgIpc) is 2.48. The number of aliphatic hydroxyl groups is 1. The van der Waals surface area contributed by atoms with Crippen LogP contribution in [0.2, 0.25) is 0 Å². The lowest BCUT2D eigenvalue weighted by molar-refractivity contribution is 0.305. The zero-order chi connectivity index (χ0) is 15.1.